The van der Waals surface area contributed by atoms with Crippen LogP contribution in [0.4, 0.5) is 9.59 Å². The Bertz CT molecular complexity index is 1790. The third-order valence-electron chi connectivity index (χ3n) is 8.60. The zero-order valence-corrected chi connectivity index (χ0v) is 29.0. The summed E-state index contributed by atoms with van der Waals surface area (Å²) in [5.41, 5.74) is 4.65. The topological polar surface area (TPSA) is 132 Å². The maximum atomic E-state index is 13.6. The van der Waals surface area contributed by atoms with Gasteiger partial charge in [-0.2, -0.15) is 0 Å². The first-order valence-corrected chi connectivity index (χ1v) is 17.0. The minimum atomic E-state index is -0.997. The Balaban J connectivity index is 1.14. The van der Waals surface area contributed by atoms with Gasteiger partial charge in [-0.05, 0) is 78.6 Å². The maximum absolute atomic E-state index is 13.6. The molecule has 5 rings (SSSR count). The number of ether oxygens (including phenoxy) is 3. The lowest BCUT2D eigenvalue weighted by Crippen LogP contribution is -2.53. The van der Waals surface area contributed by atoms with E-state index in [9.17, 15) is 19.2 Å². The number of methoxy groups -OCH3 is 1. The molecule has 10 heteroatoms. The van der Waals surface area contributed by atoms with Crippen molar-refractivity contribution in [3.63, 3.8) is 0 Å². The number of esters is 1. The molecule has 2 atom stereocenters. The van der Waals surface area contributed by atoms with Gasteiger partial charge in [0.25, 0.3) is 0 Å². The number of carbonyl (C=O) groups is 4. The van der Waals surface area contributed by atoms with E-state index in [1.807, 2.05) is 66.7 Å². The molecular formula is C40H45N3O7. The van der Waals surface area contributed by atoms with Crippen LogP contribution in [0.25, 0.3) is 21.9 Å². The van der Waals surface area contributed by atoms with Gasteiger partial charge in [0.2, 0.25) is 5.91 Å². The summed E-state index contributed by atoms with van der Waals surface area (Å²) in [5, 5.41) is 10.3. The maximum Gasteiger partial charge on any atom is 0.408 e. The molecule has 0 fully saturated rings. The number of nitrogens with one attached hydrogen (secondary N) is 3. The Hall–Kier alpha value is -5.38. The van der Waals surface area contributed by atoms with Crippen LogP contribution in [0.3, 0.4) is 0 Å². The predicted octanol–water partition coefficient (Wildman–Crippen LogP) is 6.64. The van der Waals surface area contributed by atoms with Crippen molar-refractivity contribution in [2.75, 3.05) is 20.3 Å². The normalized spacial score (nSPS) is 13.4. The molecule has 0 bridgehead atoms. The first-order chi connectivity index (χ1) is 24.0. The fourth-order valence-corrected chi connectivity index (χ4v) is 6.24. The summed E-state index contributed by atoms with van der Waals surface area (Å²) < 4.78 is 16.0. The molecule has 0 aromatic heterocycles. The van der Waals surface area contributed by atoms with Gasteiger partial charge >= 0.3 is 18.2 Å². The molecule has 0 unspecified atom stereocenters. The first-order valence-electron chi connectivity index (χ1n) is 17.0. The SMILES string of the molecule is COC(=O)[C@H](Cc1ccc2ccccc2c1)NC(=O)[C@H](CCCCNC(=O)OCC1c2ccccc2-c2ccccc21)NC(=O)OC(C)(C)C. The Morgan fingerprint density at radius 3 is 2.04 bits per heavy atom. The van der Waals surface area contributed by atoms with Gasteiger partial charge in [0, 0.05) is 18.9 Å². The molecule has 0 aliphatic heterocycles. The van der Waals surface area contributed by atoms with Gasteiger partial charge in [0.15, 0.2) is 0 Å². The lowest BCUT2D eigenvalue weighted by atomic mass is 9.98. The Morgan fingerprint density at radius 2 is 1.38 bits per heavy atom. The van der Waals surface area contributed by atoms with Gasteiger partial charge in [-0.15, -0.1) is 0 Å². The van der Waals surface area contributed by atoms with E-state index in [-0.39, 0.29) is 25.4 Å². The predicted molar refractivity (Wildman–Crippen MR) is 192 cm³/mol. The summed E-state index contributed by atoms with van der Waals surface area (Å²) in [6, 6.07) is 28.0. The minimum Gasteiger partial charge on any atom is -0.467 e. The second-order valence-corrected chi connectivity index (χ2v) is 13.4. The van der Waals surface area contributed by atoms with Gasteiger partial charge < -0.3 is 30.2 Å². The van der Waals surface area contributed by atoms with Crippen molar-refractivity contribution in [3.8, 4) is 11.1 Å². The Kier molecular flexibility index (Phi) is 11.7. The molecule has 0 saturated carbocycles. The number of unbranched alkanes of at least 4 members (excludes halogenated alkanes) is 1. The number of rotatable bonds is 13. The van der Waals surface area contributed by atoms with E-state index in [1.165, 1.54) is 7.11 Å². The molecule has 0 saturated heterocycles. The van der Waals surface area contributed by atoms with Crippen LogP contribution in [0.2, 0.25) is 0 Å². The highest BCUT2D eigenvalue weighted by Crippen LogP contribution is 2.44. The second-order valence-electron chi connectivity index (χ2n) is 13.4. The standard InChI is InChI=1S/C40H45N3O7/c1-40(2,3)50-39(47)43-34(36(44)42-35(37(45)48-4)24-26-20-21-27-13-5-6-14-28(27)23-26)19-11-12-22-41-38(46)49-25-33-31-17-9-7-15-29(31)30-16-8-10-18-32(30)33/h5-10,13-18,20-21,23,33-35H,11-12,19,22,24-25H2,1-4H3,(H,41,46)(H,42,44)(H,43,47)/t34-,35-/m0/s1. The number of alkyl carbamates (subject to hydrolysis) is 2. The van der Waals surface area contributed by atoms with E-state index in [2.05, 4.69) is 40.2 Å². The van der Waals surface area contributed by atoms with Crippen LogP contribution in [0.15, 0.2) is 91.0 Å². The van der Waals surface area contributed by atoms with Gasteiger partial charge in [-0.3, -0.25) is 4.79 Å². The van der Waals surface area contributed by atoms with E-state index in [4.69, 9.17) is 14.2 Å². The highest BCUT2D eigenvalue weighted by atomic mass is 16.6. The molecule has 0 radical (unpaired) electrons. The third-order valence-corrected chi connectivity index (χ3v) is 8.60. The van der Waals surface area contributed by atoms with E-state index >= 15 is 0 Å². The Morgan fingerprint density at radius 1 is 0.740 bits per heavy atom. The van der Waals surface area contributed by atoms with Crippen molar-refractivity contribution >= 4 is 34.8 Å². The summed E-state index contributed by atoms with van der Waals surface area (Å²) in [6.45, 7) is 5.71. The summed E-state index contributed by atoms with van der Waals surface area (Å²) in [7, 11) is 1.27. The molecule has 10 nitrogen and oxygen atoms in total. The molecule has 50 heavy (non-hydrogen) atoms. The fraction of sp³-hybridized carbons (Fsp3) is 0.350. The van der Waals surface area contributed by atoms with Crippen molar-refractivity contribution in [1.82, 2.24) is 16.0 Å². The van der Waals surface area contributed by atoms with Crippen LogP contribution in [0.1, 0.15) is 62.6 Å². The van der Waals surface area contributed by atoms with Gasteiger partial charge in [-0.25, -0.2) is 14.4 Å². The average Bonchev–Trinajstić information content (AvgIpc) is 3.42. The van der Waals surface area contributed by atoms with Crippen LogP contribution >= 0.6 is 0 Å². The number of carbonyl (C=O) groups excluding carboxylic acids is 4. The molecule has 3 N–H and O–H groups in total. The molecule has 1 aliphatic carbocycles. The lowest BCUT2D eigenvalue weighted by Gasteiger charge is -2.25. The van der Waals surface area contributed by atoms with Gasteiger partial charge in [-0.1, -0.05) is 91.0 Å². The van der Waals surface area contributed by atoms with Crippen LogP contribution < -0.4 is 16.0 Å². The van der Waals surface area contributed by atoms with Crippen molar-refractivity contribution in [2.45, 2.75) is 70.1 Å². The molecule has 0 spiro atoms. The van der Waals surface area contributed by atoms with Crippen molar-refractivity contribution < 1.29 is 33.4 Å². The Labute approximate surface area is 292 Å². The quantitative estimate of drug-likeness (QED) is 0.0820. The first kappa shape index (κ1) is 35.9. The monoisotopic (exact) mass is 679 g/mol. The summed E-state index contributed by atoms with van der Waals surface area (Å²) in [4.78, 5) is 51.7. The summed E-state index contributed by atoms with van der Waals surface area (Å²) >= 11 is 0. The highest BCUT2D eigenvalue weighted by Gasteiger charge is 2.30. The lowest BCUT2D eigenvalue weighted by molar-refractivity contribution is -0.145. The average molecular weight is 680 g/mol. The van der Waals surface area contributed by atoms with Crippen molar-refractivity contribution in [2.24, 2.45) is 0 Å². The molecule has 3 amide bonds. The smallest absolute Gasteiger partial charge is 0.408 e. The number of fused-ring (bicyclic) bond motifs is 4. The zero-order valence-electron chi connectivity index (χ0n) is 29.0. The molecular weight excluding hydrogens is 634 g/mol. The number of benzene rings is 4. The third kappa shape index (κ3) is 9.40. The molecule has 4 aromatic carbocycles. The van der Waals surface area contributed by atoms with Crippen LogP contribution in [0.5, 0.6) is 0 Å². The van der Waals surface area contributed by atoms with Crippen LogP contribution in [-0.2, 0) is 30.2 Å². The zero-order chi connectivity index (χ0) is 35.7. The summed E-state index contributed by atoms with van der Waals surface area (Å²) in [5.74, 6) is -1.19. The number of hydrogen-bond acceptors (Lipinski definition) is 7. The number of hydrogen-bond donors (Lipinski definition) is 3. The van der Waals surface area contributed by atoms with Crippen LogP contribution in [0, 0.1) is 0 Å². The molecule has 1 aliphatic rings. The van der Waals surface area contributed by atoms with Crippen LogP contribution in [-0.4, -0.2) is 62.0 Å². The van der Waals surface area contributed by atoms with E-state index in [0.717, 1.165) is 38.6 Å². The molecule has 4 aromatic rings. The summed E-state index contributed by atoms with van der Waals surface area (Å²) in [6.07, 6.45) is 0.154. The highest BCUT2D eigenvalue weighted by molar-refractivity contribution is 5.90. The van der Waals surface area contributed by atoms with E-state index in [0.29, 0.717) is 19.4 Å². The van der Waals surface area contributed by atoms with Crippen molar-refractivity contribution in [1.29, 1.82) is 0 Å². The van der Waals surface area contributed by atoms with E-state index in [1.54, 1.807) is 20.8 Å². The van der Waals surface area contributed by atoms with Gasteiger partial charge in [0.1, 0.15) is 24.3 Å². The van der Waals surface area contributed by atoms with Crippen molar-refractivity contribution in [3.05, 3.63) is 108 Å². The molecule has 262 valence electrons. The molecule has 0 heterocycles. The largest absolute Gasteiger partial charge is 0.467 e. The number of amides is 3. The fourth-order valence-electron chi connectivity index (χ4n) is 6.24. The second kappa shape index (κ2) is 16.3. The van der Waals surface area contributed by atoms with Gasteiger partial charge in [0.05, 0.1) is 7.11 Å². The minimum absolute atomic E-state index is 0.0404. The van der Waals surface area contributed by atoms with E-state index < -0.39 is 41.7 Å².